The third kappa shape index (κ3) is 4.94. The number of thiocarbonyl (C=S) groups is 1. The summed E-state index contributed by atoms with van der Waals surface area (Å²) in [5.74, 6) is 0. The molecule has 1 aliphatic rings. The van der Waals surface area contributed by atoms with E-state index in [9.17, 15) is 8.42 Å². The lowest BCUT2D eigenvalue weighted by molar-refractivity contribution is 0.186. The molecule has 4 rings (SSSR count). The molecule has 0 radical (unpaired) electrons. The molecular formula is C24H29N5O3S2. The minimum Gasteiger partial charge on any atom is -0.383 e. The van der Waals surface area contributed by atoms with Crippen LogP contribution in [0.5, 0.6) is 0 Å². The predicted molar refractivity (Wildman–Crippen MR) is 139 cm³/mol. The molecule has 1 aromatic carbocycles. The van der Waals surface area contributed by atoms with Crippen LogP contribution in [0, 0.1) is 13.8 Å². The molecule has 0 spiro atoms. The van der Waals surface area contributed by atoms with Gasteiger partial charge in [0, 0.05) is 42.6 Å². The van der Waals surface area contributed by atoms with Crippen molar-refractivity contribution in [1.82, 2.24) is 14.9 Å². The molecular weight excluding hydrogens is 470 g/mol. The van der Waals surface area contributed by atoms with E-state index in [2.05, 4.69) is 44.4 Å². The topological polar surface area (TPSA) is 88.5 Å². The van der Waals surface area contributed by atoms with Crippen molar-refractivity contribution in [3.05, 3.63) is 77.4 Å². The van der Waals surface area contributed by atoms with Crippen molar-refractivity contribution in [3.63, 3.8) is 0 Å². The molecule has 0 aliphatic carbocycles. The summed E-state index contributed by atoms with van der Waals surface area (Å²) in [7, 11) is -1.65. The SMILES string of the molecule is COCCn1c(C)cc(C2C(c3ccccn3)NC(=S)N2c2ccc(NS(C)(=O)=O)cc2)c1C. The number of pyridine rings is 1. The van der Waals surface area contributed by atoms with Crippen molar-refractivity contribution in [2.75, 3.05) is 29.6 Å². The van der Waals surface area contributed by atoms with Gasteiger partial charge in [-0.25, -0.2) is 8.42 Å². The van der Waals surface area contributed by atoms with Crippen molar-refractivity contribution in [3.8, 4) is 0 Å². The summed E-state index contributed by atoms with van der Waals surface area (Å²) >= 11 is 5.80. The average molecular weight is 500 g/mol. The molecule has 2 aromatic heterocycles. The molecule has 3 heterocycles. The monoisotopic (exact) mass is 499 g/mol. The van der Waals surface area contributed by atoms with Gasteiger partial charge < -0.3 is 19.5 Å². The minimum atomic E-state index is -3.36. The van der Waals surface area contributed by atoms with Crippen LogP contribution in [0.15, 0.2) is 54.7 Å². The first-order chi connectivity index (χ1) is 16.2. The lowest BCUT2D eigenvalue weighted by Gasteiger charge is -2.28. The van der Waals surface area contributed by atoms with Crippen LogP contribution in [0.1, 0.15) is 34.7 Å². The maximum absolute atomic E-state index is 11.6. The van der Waals surface area contributed by atoms with Crippen LogP contribution in [-0.4, -0.2) is 43.1 Å². The smallest absolute Gasteiger partial charge is 0.229 e. The number of rotatable bonds is 8. The second-order valence-corrected chi connectivity index (χ2v) is 10.5. The van der Waals surface area contributed by atoms with Crippen LogP contribution in [0.3, 0.4) is 0 Å². The molecule has 0 amide bonds. The number of anilines is 2. The highest BCUT2D eigenvalue weighted by atomic mass is 32.2. The number of nitrogens with zero attached hydrogens (tertiary/aromatic N) is 3. The number of hydrogen-bond donors (Lipinski definition) is 2. The molecule has 34 heavy (non-hydrogen) atoms. The third-order valence-corrected chi connectivity index (χ3v) is 6.92. The summed E-state index contributed by atoms with van der Waals surface area (Å²) in [6, 6.07) is 15.0. The van der Waals surface area contributed by atoms with Crippen LogP contribution in [-0.2, 0) is 21.3 Å². The summed E-state index contributed by atoms with van der Waals surface area (Å²) < 4.78 is 33.3. The maximum atomic E-state index is 11.6. The van der Waals surface area contributed by atoms with Gasteiger partial charge in [-0.15, -0.1) is 0 Å². The summed E-state index contributed by atoms with van der Waals surface area (Å²) in [6.45, 7) is 5.60. The highest BCUT2D eigenvalue weighted by Crippen LogP contribution is 2.43. The van der Waals surface area contributed by atoms with Gasteiger partial charge in [0.2, 0.25) is 10.0 Å². The van der Waals surface area contributed by atoms with E-state index in [1.807, 2.05) is 30.3 Å². The first kappa shape index (κ1) is 24.2. The van der Waals surface area contributed by atoms with Crippen molar-refractivity contribution in [2.24, 2.45) is 0 Å². The van der Waals surface area contributed by atoms with Gasteiger partial charge in [-0.2, -0.15) is 0 Å². The molecule has 8 nitrogen and oxygen atoms in total. The van der Waals surface area contributed by atoms with Crippen molar-refractivity contribution >= 4 is 38.7 Å². The van der Waals surface area contributed by atoms with E-state index in [4.69, 9.17) is 17.0 Å². The Labute approximate surface area is 206 Å². The van der Waals surface area contributed by atoms with Gasteiger partial charge in [-0.1, -0.05) is 6.07 Å². The average Bonchev–Trinajstić information content (AvgIpc) is 3.28. The number of aromatic nitrogens is 2. The zero-order chi connectivity index (χ0) is 24.5. The number of aryl methyl sites for hydroxylation is 1. The van der Waals surface area contributed by atoms with Crippen molar-refractivity contribution in [2.45, 2.75) is 32.5 Å². The fourth-order valence-electron chi connectivity index (χ4n) is 4.51. The van der Waals surface area contributed by atoms with Gasteiger partial charge in [0.15, 0.2) is 5.11 Å². The molecule has 0 saturated carbocycles. The molecule has 0 bridgehead atoms. The van der Waals surface area contributed by atoms with E-state index in [1.54, 1.807) is 25.4 Å². The zero-order valence-electron chi connectivity index (χ0n) is 19.6. The number of sulfonamides is 1. The van der Waals surface area contributed by atoms with Crippen molar-refractivity contribution < 1.29 is 13.2 Å². The Morgan fingerprint density at radius 3 is 2.53 bits per heavy atom. The first-order valence-corrected chi connectivity index (χ1v) is 13.2. The Morgan fingerprint density at radius 1 is 1.18 bits per heavy atom. The molecule has 2 unspecified atom stereocenters. The lowest BCUT2D eigenvalue weighted by atomic mass is 9.96. The normalized spacial score (nSPS) is 18.2. The fraction of sp³-hybridized carbons (Fsp3) is 0.333. The number of hydrogen-bond acceptors (Lipinski definition) is 5. The highest BCUT2D eigenvalue weighted by Gasteiger charge is 2.42. The Morgan fingerprint density at radius 2 is 1.91 bits per heavy atom. The van der Waals surface area contributed by atoms with E-state index >= 15 is 0 Å². The second kappa shape index (κ2) is 9.73. The second-order valence-electron chi connectivity index (χ2n) is 8.39. The molecule has 3 aromatic rings. The summed E-state index contributed by atoms with van der Waals surface area (Å²) in [5.41, 5.74) is 5.70. The maximum Gasteiger partial charge on any atom is 0.229 e. The standard InChI is InChI=1S/C24H29N5O3S2/c1-16-15-20(17(2)28(16)13-14-32-3)23-22(21-7-5-6-12-25-21)26-24(33)29(23)19-10-8-18(9-11-19)27-34(4,30)31/h5-12,15,22-23,27H,13-14H2,1-4H3,(H,26,33). The Hall–Kier alpha value is -2.95. The number of nitrogens with one attached hydrogen (secondary N) is 2. The Bertz CT molecular complexity index is 1270. The number of benzene rings is 1. The molecule has 1 aliphatic heterocycles. The predicted octanol–water partition coefficient (Wildman–Crippen LogP) is 3.69. The van der Waals surface area contributed by atoms with Gasteiger partial charge in [-0.05, 0) is 74.1 Å². The highest BCUT2D eigenvalue weighted by molar-refractivity contribution is 7.92. The number of methoxy groups -OCH3 is 1. The molecule has 1 fully saturated rings. The zero-order valence-corrected chi connectivity index (χ0v) is 21.3. The summed E-state index contributed by atoms with van der Waals surface area (Å²) in [6.07, 6.45) is 2.92. The van der Waals surface area contributed by atoms with Gasteiger partial charge in [-0.3, -0.25) is 9.71 Å². The van der Waals surface area contributed by atoms with Crippen LogP contribution in [0.25, 0.3) is 0 Å². The quantitative estimate of drug-likeness (QED) is 0.457. The minimum absolute atomic E-state index is 0.140. The molecule has 2 atom stereocenters. The third-order valence-electron chi connectivity index (χ3n) is 6.00. The summed E-state index contributed by atoms with van der Waals surface area (Å²) in [5, 5.41) is 4.06. The molecule has 10 heteroatoms. The molecule has 180 valence electrons. The van der Waals surface area contributed by atoms with E-state index in [1.165, 1.54) is 0 Å². The van der Waals surface area contributed by atoms with Crippen LogP contribution in [0.2, 0.25) is 0 Å². The largest absolute Gasteiger partial charge is 0.383 e. The van der Waals surface area contributed by atoms with Crippen LogP contribution < -0.4 is 14.9 Å². The van der Waals surface area contributed by atoms with Crippen LogP contribution >= 0.6 is 12.2 Å². The van der Waals surface area contributed by atoms with Gasteiger partial charge in [0.25, 0.3) is 0 Å². The van der Waals surface area contributed by atoms with Gasteiger partial charge in [0.05, 0.1) is 30.6 Å². The van der Waals surface area contributed by atoms with Crippen LogP contribution in [0.4, 0.5) is 11.4 Å². The van der Waals surface area contributed by atoms with Gasteiger partial charge >= 0.3 is 0 Å². The number of ether oxygens (including phenoxy) is 1. The molecule has 2 N–H and O–H groups in total. The Balaban J connectivity index is 1.79. The fourth-order valence-corrected chi connectivity index (χ4v) is 5.42. The summed E-state index contributed by atoms with van der Waals surface area (Å²) in [4.78, 5) is 6.69. The Kier molecular flexibility index (Phi) is 6.92. The van der Waals surface area contributed by atoms with Crippen molar-refractivity contribution in [1.29, 1.82) is 0 Å². The van der Waals surface area contributed by atoms with E-state index in [0.717, 1.165) is 41.1 Å². The van der Waals surface area contributed by atoms with E-state index < -0.39 is 10.0 Å². The van der Waals surface area contributed by atoms with E-state index in [-0.39, 0.29) is 12.1 Å². The molecule has 1 saturated heterocycles. The first-order valence-electron chi connectivity index (χ1n) is 10.9. The van der Waals surface area contributed by atoms with E-state index in [0.29, 0.717) is 17.4 Å². The lowest BCUT2D eigenvalue weighted by Crippen LogP contribution is -2.29. The van der Waals surface area contributed by atoms with Gasteiger partial charge in [0.1, 0.15) is 0 Å².